The molecule has 0 aromatic carbocycles. The number of aromatic amines is 1. The maximum Gasteiger partial charge on any atom is 0.405 e. The van der Waals surface area contributed by atoms with Crippen molar-refractivity contribution in [2.24, 2.45) is 5.92 Å². The van der Waals surface area contributed by atoms with Gasteiger partial charge in [-0.3, -0.25) is 28.0 Å². The Balaban J connectivity index is 1.07. The number of aliphatic hydroxyl groups is 2. The van der Waals surface area contributed by atoms with Crippen molar-refractivity contribution in [3.8, 4) is 0 Å². The van der Waals surface area contributed by atoms with Crippen molar-refractivity contribution in [3.63, 3.8) is 0 Å². The van der Waals surface area contributed by atoms with Crippen molar-refractivity contribution in [2.45, 2.75) is 101 Å². The first-order chi connectivity index (χ1) is 29.1. The van der Waals surface area contributed by atoms with Crippen LogP contribution >= 0.6 is 14.5 Å². The first-order valence-electron chi connectivity index (χ1n) is 19.6. The molecule has 0 radical (unpaired) electrons. The zero-order valence-corrected chi connectivity index (χ0v) is 35.7. The normalized spacial score (nSPS) is 28.6. The van der Waals surface area contributed by atoms with Gasteiger partial charge in [-0.1, -0.05) is 25.2 Å². The Morgan fingerprint density at radius 2 is 1.75 bits per heavy atom. The second-order valence-electron chi connectivity index (χ2n) is 15.1. The summed E-state index contributed by atoms with van der Waals surface area (Å²) in [6.07, 6.45) is 0.105. The molecule has 3 fully saturated rings. The summed E-state index contributed by atoms with van der Waals surface area (Å²) in [5.41, 5.74) is 10.6. The standard InChI is InChI=1S/C34H49N11O13P2S/c1-3-4-6-40-59(51,53-14-19-8-20(9-21(19)47)45-17-39-29-30(36)37-16-38-31(29)45)57-23-11-28(44-12-18(2)32(48)42-34(44)50)56-25(23)15-54-60(52,61)58-22-10-27(55-24(22)13-46)43-7-5-26(35)41-33(43)49/h5,7,12,16-17,19-25,27-28,46-47H,3-4,6,8-11,13-15H2,1-2H3,(H,40,51)(H,52,61)(H2,35,41,49)(H2,36,37,38)(H,42,48,50)/p-1. The Hall–Kier alpha value is -3.81. The Morgan fingerprint density at radius 1 is 1.02 bits per heavy atom. The molecule has 27 heteroatoms. The van der Waals surface area contributed by atoms with E-state index in [0.717, 1.165) is 15.6 Å². The second-order valence-corrected chi connectivity index (χ2v) is 19.5. The van der Waals surface area contributed by atoms with E-state index in [9.17, 15) is 34.1 Å². The van der Waals surface area contributed by atoms with E-state index in [1.807, 2.05) is 11.5 Å². The number of unbranched alkanes of at least 4 members (excludes halogenated alkanes) is 1. The van der Waals surface area contributed by atoms with Crippen molar-refractivity contribution in [2.75, 3.05) is 37.8 Å². The Labute approximate surface area is 352 Å². The van der Waals surface area contributed by atoms with Gasteiger partial charge in [-0.2, -0.15) is 4.98 Å². The van der Waals surface area contributed by atoms with Gasteiger partial charge in [-0.15, -0.1) is 0 Å². The molecule has 4 aromatic heterocycles. The number of fused-ring (bicyclic) bond motifs is 1. The van der Waals surface area contributed by atoms with Gasteiger partial charge in [0.05, 0.1) is 38.4 Å². The summed E-state index contributed by atoms with van der Waals surface area (Å²) in [6, 6.07) is 1.15. The summed E-state index contributed by atoms with van der Waals surface area (Å²) in [5.74, 6) is -0.263. The number of rotatable bonds is 18. The van der Waals surface area contributed by atoms with E-state index in [0.29, 0.717) is 30.4 Å². The molecule has 334 valence electrons. The molecule has 11 unspecified atom stereocenters. The molecule has 6 heterocycles. The minimum Gasteiger partial charge on any atom is -0.780 e. The Morgan fingerprint density at radius 3 is 2.49 bits per heavy atom. The van der Waals surface area contributed by atoms with Crippen LogP contribution in [-0.2, 0) is 43.9 Å². The number of nitrogens with two attached hydrogens (primary N) is 2. The summed E-state index contributed by atoms with van der Waals surface area (Å²) in [5, 5.41) is 24.0. The number of H-pyrrole nitrogens is 1. The number of hydrogen-bond donors (Lipinski definition) is 6. The lowest BCUT2D eigenvalue weighted by Crippen LogP contribution is -2.34. The number of hydrogen-bond acceptors (Lipinski definition) is 20. The molecular weight excluding hydrogens is 864 g/mol. The van der Waals surface area contributed by atoms with Gasteiger partial charge < -0.3 is 49.7 Å². The monoisotopic (exact) mass is 912 g/mol. The van der Waals surface area contributed by atoms with Crippen LogP contribution in [0.3, 0.4) is 0 Å². The molecule has 7 rings (SSSR count). The maximum absolute atomic E-state index is 14.6. The zero-order valence-electron chi connectivity index (χ0n) is 33.1. The Kier molecular flexibility index (Phi) is 14.0. The molecule has 61 heavy (non-hydrogen) atoms. The van der Waals surface area contributed by atoms with Gasteiger partial charge in [0.2, 0.25) is 0 Å². The molecule has 1 aliphatic carbocycles. The number of aryl methyl sites for hydroxylation is 1. The highest BCUT2D eigenvalue weighted by Crippen LogP contribution is 2.51. The van der Waals surface area contributed by atoms with Gasteiger partial charge in [0.1, 0.15) is 55.1 Å². The van der Waals surface area contributed by atoms with E-state index < -0.39 is 93.5 Å². The van der Waals surface area contributed by atoms with E-state index in [2.05, 4.69) is 30.0 Å². The van der Waals surface area contributed by atoms with Gasteiger partial charge in [-0.25, -0.2) is 34.2 Å². The quantitative estimate of drug-likeness (QED) is 0.0559. The predicted octanol–water partition coefficient (Wildman–Crippen LogP) is -0.128. The number of aliphatic hydroxyl groups excluding tert-OH is 2. The third-order valence-corrected chi connectivity index (χ3v) is 14.0. The van der Waals surface area contributed by atoms with E-state index in [1.54, 1.807) is 6.33 Å². The molecule has 1 saturated carbocycles. The molecule has 3 aliphatic rings. The summed E-state index contributed by atoms with van der Waals surface area (Å²) in [7, 11) is -4.24. The molecule has 4 aromatic rings. The van der Waals surface area contributed by atoms with Crippen LogP contribution in [0.5, 0.6) is 0 Å². The minimum atomic E-state index is -4.42. The first kappa shape index (κ1) is 45.2. The Bertz CT molecular complexity index is 2470. The number of aromatic nitrogens is 8. The molecule has 8 N–H and O–H groups in total. The number of imidazole rings is 1. The fourth-order valence-electron chi connectivity index (χ4n) is 7.58. The molecule has 2 aliphatic heterocycles. The highest BCUT2D eigenvalue weighted by Gasteiger charge is 2.45. The number of anilines is 2. The number of nitrogens with zero attached hydrogens (tertiary/aromatic N) is 7. The maximum atomic E-state index is 14.6. The topological polar surface area (TPSA) is 333 Å². The lowest BCUT2D eigenvalue weighted by Gasteiger charge is -2.33. The highest BCUT2D eigenvalue weighted by molar-refractivity contribution is 8.06. The van der Waals surface area contributed by atoms with Crippen molar-refractivity contribution >= 4 is 49.1 Å². The number of ether oxygens (including phenoxy) is 2. The molecule has 0 spiro atoms. The van der Waals surface area contributed by atoms with Gasteiger partial charge in [0.15, 0.2) is 11.5 Å². The van der Waals surface area contributed by atoms with E-state index in [4.69, 9.17) is 50.8 Å². The lowest BCUT2D eigenvalue weighted by molar-refractivity contribution is -0.215. The van der Waals surface area contributed by atoms with Crippen molar-refractivity contribution in [1.82, 2.24) is 43.7 Å². The van der Waals surface area contributed by atoms with E-state index in [1.165, 1.54) is 31.7 Å². The number of nitrogens with one attached hydrogen (secondary N) is 2. The largest absolute Gasteiger partial charge is 0.780 e. The predicted molar refractivity (Wildman–Crippen MR) is 217 cm³/mol. The van der Waals surface area contributed by atoms with Crippen LogP contribution in [-0.4, -0.2) is 106 Å². The summed E-state index contributed by atoms with van der Waals surface area (Å²) in [6.45, 7) is -2.07. The average molecular weight is 913 g/mol. The zero-order chi connectivity index (χ0) is 43.6. The molecule has 0 bridgehead atoms. The van der Waals surface area contributed by atoms with Crippen LogP contribution in [0.1, 0.15) is 69.5 Å². The second kappa shape index (κ2) is 18.9. The van der Waals surface area contributed by atoms with Crippen LogP contribution in [0.15, 0.2) is 45.5 Å². The van der Waals surface area contributed by atoms with Crippen LogP contribution < -0.4 is 38.4 Å². The fraction of sp³-hybridized carbons (Fsp3) is 0.618. The van der Waals surface area contributed by atoms with Crippen molar-refractivity contribution in [1.29, 1.82) is 0 Å². The van der Waals surface area contributed by atoms with Crippen molar-refractivity contribution < 1.29 is 47.2 Å². The average Bonchev–Trinajstić information content (AvgIpc) is 4.00. The van der Waals surface area contributed by atoms with Crippen LogP contribution in [0.25, 0.3) is 11.2 Å². The molecular formula is C34H48N11O13P2S-. The van der Waals surface area contributed by atoms with Crippen LogP contribution in [0.4, 0.5) is 11.6 Å². The highest BCUT2D eigenvalue weighted by atomic mass is 32.5. The molecule has 24 nitrogen and oxygen atoms in total. The fourth-order valence-corrected chi connectivity index (χ4v) is 10.7. The molecule has 2 saturated heterocycles. The summed E-state index contributed by atoms with van der Waals surface area (Å²) < 4.78 is 54.2. The van der Waals surface area contributed by atoms with Gasteiger partial charge in [-0.05, 0) is 32.3 Å². The van der Waals surface area contributed by atoms with Gasteiger partial charge in [0.25, 0.3) is 5.56 Å². The van der Waals surface area contributed by atoms with E-state index >= 15 is 0 Å². The molecule has 0 amide bonds. The van der Waals surface area contributed by atoms with Gasteiger partial charge >= 0.3 is 19.1 Å². The van der Waals surface area contributed by atoms with Crippen molar-refractivity contribution in [3.05, 3.63) is 68.0 Å². The van der Waals surface area contributed by atoms with Gasteiger partial charge in [0, 0.05) is 49.3 Å². The SMILES string of the molecule is CCCCNP(=O)(OCC1CC(n2cnc3c(N)ncnc32)CC1O)OC1CC(n2cc(C)c(=O)[nH]c2=O)OC1COP([O-])(=S)OC1CC(n2ccc(N)nc2=O)OC1CO. The lowest BCUT2D eigenvalue weighted by atomic mass is 10.1. The minimum absolute atomic E-state index is 0.00261. The van der Waals surface area contributed by atoms with Crippen LogP contribution in [0.2, 0.25) is 0 Å². The van der Waals surface area contributed by atoms with Crippen LogP contribution in [0, 0.1) is 12.8 Å². The summed E-state index contributed by atoms with van der Waals surface area (Å²) >= 11 is 5.24. The van der Waals surface area contributed by atoms with E-state index in [-0.39, 0.29) is 49.2 Å². The summed E-state index contributed by atoms with van der Waals surface area (Å²) in [4.78, 5) is 69.8. The third-order valence-electron chi connectivity index (χ3n) is 10.8. The number of nitrogen functional groups attached to an aromatic ring is 2. The smallest absolute Gasteiger partial charge is 0.405 e. The molecule has 11 atom stereocenters. The first-order valence-corrected chi connectivity index (χ1v) is 23.7. The third kappa shape index (κ3) is 10.4.